The lowest BCUT2D eigenvalue weighted by Crippen LogP contribution is -2.17. The molecule has 1 N–H and O–H groups in total. The number of hydrogen-bond acceptors (Lipinski definition) is 3. The summed E-state index contributed by atoms with van der Waals surface area (Å²) in [6.45, 7) is 5.16. The minimum absolute atomic E-state index is 0. The smallest absolute Gasteiger partial charge is 0.138 e. The Hall–Kier alpha value is 0.190. The first-order valence-electron chi connectivity index (χ1n) is 5.99. The summed E-state index contributed by atoms with van der Waals surface area (Å²) in [7, 11) is 1.72. The summed E-state index contributed by atoms with van der Waals surface area (Å²) in [4.78, 5) is 0. The minimum atomic E-state index is 0. The highest BCUT2D eigenvalue weighted by molar-refractivity contribution is 9.11. The largest absolute Gasteiger partial charge is 0.492 e. The molecule has 0 radical (unpaired) electrons. The number of benzene rings is 1. The van der Waals surface area contributed by atoms with E-state index in [1.165, 1.54) is 0 Å². The molecular weight excluding hydrogens is 397 g/mol. The molecule has 0 fully saturated rings. The van der Waals surface area contributed by atoms with E-state index in [9.17, 15) is 0 Å². The average Bonchev–Trinajstić information content (AvgIpc) is 2.33. The predicted molar refractivity (Wildman–Crippen MR) is 88.5 cm³/mol. The normalized spacial score (nSPS) is 10.1. The maximum absolute atomic E-state index is 5.67. The van der Waals surface area contributed by atoms with Gasteiger partial charge in [-0.15, -0.1) is 12.4 Å². The van der Waals surface area contributed by atoms with Crippen LogP contribution in [0.15, 0.2) is 21.1 Å². The Labute approximate surface area is 138 Å². The first-order chi connectivity index (χ1) is 8.69. The predicted octanol–water partition coefficient (Wildman–Crippen LogP) is 4.16. The fourth-order valence-electron chi connectivity index (χ4n) is 1.62. The standard InChI is InChI=1S/C13H19Br2NO2.ClH/c1-3-18-13-10(7-11(14)8-12(13)15)9-16-5-4-6-17-2;/h7-8,16H,3-6,9H2,1-2H3;1H. The summed E-state index contributed by atoms with van der Waals surface area (Å²) in [5.74, 6) is 0.917. The first kappa shape index (κ1) is 19.2. The van der Waals surface area contributed by atoms with Crippen molar-refractivity contribution in [1.82, 2.24) is 5.32 Å². The van der Waals surface area contributed by atoms with Crippen molar-refractivity contribution in [1.29, 1.82) is 0 Å². The zero-order valence-electron chi connectivity index (χ0n) is 11.2. The topological polar surface area (TPSA) is 30.5 Å². The van der Waals surface area contributed by atoms with Crippen molar-refractivity contribution in [3.05, 3.63) is 26.6 Å². The molecule has 110 valence electrons. The molecule has 6 heteroatoms. The van der Waals surface area contributed by atoms with Gasteiger partial charge in [0, 0.05) is 30.3 Å². The van der Waals surface area contributed by atoms with Crippen molar-refractivity contribution in [3.63, 3.8) is 0 Å². The molecule has 0 aliphatic heterocycles. The highest BCUT2D eigenvalue weighted by Crippen LogP contribution is 2.32. The van der Waals surface area contributed by atoms with Crippen LogP contribution in [-0.4, -0.2) is 26.9 Å². The van der Waals surface area contributed by atoms with Crippen molar-refractivity contribution < 1.29 is 9.47 Å². The van der Waals surface area contributed by atoms with Gasteiger partial charge in [-0.2, -0.15) is 0 Å². The molecule has 0 heterocycles. The molecule has 0 aliphatic carbocycles. The van der Waals surface area contributed by atoms with Crippen LogP contribution >= 0.6 is 44.3 Å². The van der Waals surface area contributed by atoms with E-state index in [0.29, 0.717) is 6.61 Å². The Morgan fingerprint density at radius 1 is 1.26 bits per heavy atom. The molecule has 0 atom stereocenters. The SMILES string of the molecule is CCOc1c(Br)cc(Br)cc1CNCCCOC.Cl. The summed E-state index contributed by atoms with van der Waals surface area (Å²) in [6, 6.07) is 4.08. The number of nitrogens with one attached hydrogen (secondary N) is 1. The summed E-state index contributed by atoms with van der Waals surface area (Å²) >= 11 is 7.03. The van der Waals surface area contributed by atoms with E-state index in [4.69, 9.17) is 9.47 Å². The van der Waals surface area contributed by atoms with Gasteiger partial charge in [0.25, 0.3) is 0 Å². The van der Waals surface area contributed by atoms with Crippen LogP contribution in [0.3, 0.4) is 0 Å². The Balaban J connectivity index is 0.00000324. The number of halogens is 3. The molecule has 1 aromatic rings. The first-order valence-corrected chi connectivity index (χ1v) is 7.58. The Morgan fingerprint density at radius 3 is 2.63 bits per heavy atom. The van der Waals surface area contributed by atoms with Crippen LogP contribution in [0, 0.1) is 0 Å². The second kappa shape index (κ2) is 10.9. The number of hydrogen-bond donors (Lipinski definition) is 1. The van der Waals surface area contributed by atoms with Gasteiger partial charge in [0.2, 0.25) is 0 Å². The highest BCUT2D eigenvalue weighted by Gasteiger charge is 2.09. The third-order valence-electron chi connectivity index (χ3n) is 2.39. The fourth-order valence-corrected chi connectivity index (χ4v) is 3.04. The summed E-state index contributed by atoms with van der Waals surface area (Å²) < 4.78 is 12.7. The van der Waals surface area contributed by atoms with Gasteiger partial charge in [0.15, 0.2) is 0 Å². The van der Waals surface area contributed by atoms with E-state index in [2.05, 4.69) is 43.2 Å². The molecule has 0 aromatic heterocycles. The van der Waals surface area contributed by atoms with E-state index < -0.39 is 0 Å². The Bertz CT molecular complexity index is 378. The van der Waals surface area contributed by atoms with E-state index >= 15 is 0 Å². The summed E-state index contributed by atoms with van der Waals surface area (Å²) in [5, 5.41) is 3.39. The van der Waals surface area contributed by atoms with Crippen molar-refractivity contribution in [2.75, 3.05) is 26.9 Å². The molecule has 1 rings (SSSR count). The van der Waals surface area contributed by atoms with Gasteiger partial charge in [0.1, 0.15) is 5.75 Å². The van der Waals surface area contributed by atoms with Gasteiger partial charge in [-0.25, -0.2) is 0 Å². The number of rotatable bonds is 8. The van der Waals surface area contributed by atoms with Crippen molar-refractivity contribution in [2.24, 2.45) is 0 Å². The van der Waals surface area contributed by atoms with Gasteiger partial charge in [-0.05, 0) is 48.0 Å². The zero-order valence-corrected chi connectivity index (χ0v) is 15.2. The van der Waals surface area contributed by atoms with Gasteiger partial charge in [-0.3, -0.25) is 0 Å². The van der Waals surface area contributed by atoms with Crippen LogP contribution in [0.25, 0.3) is 0 Å². The lowest BCUT2D eigenvalue weighted by atomic mass is 10.2. The van der Waals surface area contributed by atoms with Crippen LogP contribution in [0.4, 0.5) is 0 Å². The van der Waals surface area contributed by atoms with Gasteiger partial charge in [-0.1, -0.05) is 15.9 Å². The maximum Gasteiger partial charge on any atom is 0.138 e. The fraction of sp³-hybridized carbons (Fsp3) is 0.538. The molecule has 3 nitrogen and oxygen atoms in total. The van der Waals surface area contributed by atoms with Gasteiger partial charge in [0.05, 0.1) is 11.1 Å². The van der Waals surface area contributed by atoms with Gasteiger partial charge < -0.3 is 14.8 Å². The monoisotopic (exact) mass is 415 g/mol. The maximum atomic E-state index is 5.67. The second-order valence-corrected chi connectivity index (χ2v) is 5.60. The van der Waals surface area contributed by atoms with Crippen molar-refractivity contribution >= 4 is 44.3 Å². The van der Waals surface area contributed by atoms with Gasteiger partial charge >= 0.3 is 0 Å². The second-order valence-electron chi connectivity index (χ2n) is 3.83. The zero-order chi connectivity index (χ0) is 13.4. The Kier molecular flexibility index (Phi) is 11.0. The molecule has 0 bridgehead atoms. The molecule has 0 saturated carbocycles. The number of methoxy groups -OCH3 is 1. The molecule has 0 amide bonds. The molecule has 0 saturated heterocycles. The van der Waals surface area contributed by atoms with Crippen LogP contribution < -0.4 is 10.1 Å². The van der Waals surface area contributed by atoms with E-state index in [0.717, 1.165) is 46.4 Å². The van der Waals surface area contributed by atoms with Crippen molar-refractivity contribution in [3.8, 4) is 5.75 Å². The third kappa shape index (κ3) is 6.95. The minimum Gasteiger partial charge on any atom is -0.492 e. The molecule has 0 aliphatic rings. The molecule has 0 spiro atoms. The quantitative estimate of drug-likeness (QED) is 0.645. The van der Waals surface area contributed by atoms with Crippen LogP contribution in [0.2, 0.25) is 0 Å². The summed E-state index contributed by atoms with van der Waals surface area (Å²) in [5.41, 5.74) is 1.15. The lowest BCUT2D eigenvalue weighted by molar-refractivity contribution is 0.194. The molecule has 1 aromatic carbocycles. The van der Waals surface area contributed by atoms with Crippen LogP contribution in [-0.2, 0) is 11.3 Å². The molecule has 0 unspecified atom stereocenters. The molecule has 19 heavy (non-hydrogen) atoms. The van der Waals surface area contributed by atoms with Crippen molar-refractivity contribution in [2.45, 2.75) is 19.9 Å². The molecular formula is C13H20Br2ClNO2. The highest BCUT2D eigenvalue weighted by atomic mass is 79.9. The van der Waals surface area contributed by atoms with E-state index in [1.807, 2.05) is 13.0 Å². The van der Waals surface area contributed by atoms with Crippen LogP contribution in [0.5, 0.6) is 5.75 Å². The Morgan fingerprint density at radius 2 is 2.00 bits per heavy atom. The summed E-state index contributed by atoms with van der Waals surface area (Å²) in [6.07, 6.45) is 1.01. The number of ether oxygens (including phenoxy) is 2. The van der Waals surface area contributed by atoms with Crippen LogP contribution in [0.1, 0.15) is 18.9 Å². The lowest BCUT2D eigenvalue weighted by Gasteiger charge is -2.13. The van der Waals surface area contributed by atoms with E-state index in [-0.39, 0.29) is 12.4 Å². The average molecular weight is 418 g/mol. The van der Waals surface area contributed by atoms with E-state index in [1.54, 1.807) is 7.11 Å². The third-order valence-corrected chi connectivity index (χ3v) is 3.44.